The molecule has 0 aromatic heterocycles. The molecule has 13 heteroatoms. The Kier molecular flexibility index (Phi) is 12.0. The van der Waals surface area contributed by atoms with E-state index in [4.69, 9.17) is 27.9 Å². The van der Waals surface area contributed by atoms with Crippen molar-refractivity contribution in [2.24, 2.45) is 0 Å². The minimum atomic E-state index is -5.02. The highest BCUT2D eigenvalue weighted by Gasteiger charge is 2.39. The highest BCUT2D eigenvalue weighted by Crippen LogP contribution is 2.38. The number of alkyl halides is 6. The number of nitrogens with zero attached hydrogens (tertiary/aromatic N) is 1. The number of rotatable bonds is 11. The molecule has 1 amide bonds. The molecule has 1 heterocycles. The van der Waals surface area contributed by atoms with Gasteiger partial charge in [-0.1, -0.05) is 77.8 Å². The number of benzene rings is 4. The number of halogens is 8. The minimum Gasteiger partial charge on any atom is -0.385 e. The van der Waals surface area contributed by atoms with Gasteiger partial charge < -0.3 is 14.7 Å². The number of quaternary nitrogens is 1. The third-order valence-corrected chi connectivity index (χ3v) is 9.72. The fourth-order valence-electron chi connectivity index (χ4n) is 6.20. The van der Waals surface area contributed by atoms with E-state index < -0.39 is 47.7 Å². The summed E-state index contributed by atoms with van der Waals surface area (Å²) in [5, 5.41) is 13.4. The van der Waals surface area contributed by atoms with E-state index in [0.717, 1.165) is 5.56 Å². The summed E-state index contributed by atoms with van der Waals surface area (Å²) in [5.41, 5.74) is -2.44. The van der Waals surface area contributed by atoms with Crippen LogP contribution in [0.5, 0.6) is 0 Å². The Bertz CT molecular complexity index is 1720. The van der Waals surface area contributed by atoms with Gasteiger partial charge in [0.1, 0.15) is 0 Å². The Morgan fingerprint density at radius 3 is 1.96 bits per heavy atom. The molecule has 0 saturated carbocycles. The van der Waals surface area contributed by atoms with Gasteiger partial charge in [0.05, 0.1) is 57.5 Å². The van der Waals surface area contributed by atoms with E-state index in [1.165, 1.54) is 5.32 Å². The zero-order valence-electron chi connectivity index (χ0n) is 26.7. The number of primary amides is 1. The molecule has 1 fully saturated rings. The number of amides is 1. The molecule has 5 nitrogen and oxygen atoms in total. The zero-order chi connectivity index (χ0) is 36.1. The van der Waals surface area contributed by atoms with Gasteiger partial charge in [0.25, 0.3) is 0 Å². The summed E-state index contributed by atoms with van der Waals surface area (Å²) >= 11 is 12.6. The lowest BCUT2D eigenvalue weighted by atomic mass is 9.84. The van der Waals surface area contributed by atoms with Crippen LogP contribution in [0.4, 0.5) is 26.3 Å². The lowest BCUT2D eigenvalue weighted by Gasteiger charge is -2.40. The predicted molar refractivity (Wildman–Crippen MR) is 178 cm³/mol. The van der Waals surface area contributed by atoms with Crippen LogP contribution in [-0.2, 0) is 29.3 Å². The van der Waals surface area contributed by atoms with Gasteiger partial charge in [0.2, 0.25) is 0 Å². The molecule has 0 bridgehead atoms. The van der Waals surface area contributed by atoms with Crippen LogP contribution in [0.3, 0.4) is 0 Å². The number of likely N-dealkylation sites (tertiary alicyclic amines) is 1. The van der Waals surface area contributed by atoms with Crippen LogP contribution < -0.4 is 5.32 Å². The lowest BCUT2D eigenvalue weighted by Crippen LogP contribution is -2.89. The highest BCUT2D eigenvalue weighted by atomic mass is 35.5. The quantitative estimate of drug-likeness (QED) is 0.153. The molecular weight excluding hydrogens is 705 g/mol. The van der Waals surface area contributed by atoms with Crippen LogP contribution in [0, 0.1) is 0 Å². The Morgan fingerprint density at radius 2 is 1.40 bits per heavy atom. The Morgan fingerprint density at radius 1 is 0.820 bits per heavy atom. The molecule has 0 spiro atoms. The van der Waals surface area contributed by atoms with Gasteiger partial charge in [-0.2, -0.15) is 26.3 Å². The number of hydrogen-bond donors (Lipinski definition) is 2. The maximum atomic E-state index is 13.7. The fourth-order valence-corrected chi connectivity index (χ4v) is 6.51. The monoisotopic (exact) mass is 739 g/mol. The Labute approximate surface area is 295 Å². The van der Waals surface area contributed by atoms with Crippen molar-refractivity contribution in [3.8, 4) is 0 Å². The van der Waals surface area contributed by atoms with E-state index in [9.17, 15) is 36.2 Å². The van der Waals surface area contributed by atoms with Crippen molar-refractivity contribution < 1.29 is 46.3 Å². The first kappa shape index (κ1) is 37.8. The number of hydrogen-bond acceptors (Lipinski definition) is 4. The van der Waals surface area contributed by atoms with Crippen LogP contribution in [-0.4, -0.2) is 48.2 Å². The second kappa shape index (κ2) is 15.8. The second-order valence-corrected chi connectivity index (χ2v) is 13.2. The zero-order valence-corrected chi connectivity index (χ0v) is 28.2. The van der Waals surface area contributed by atoms with Crippen LogP contribution in [0.25, 0.3) is 0 Å². The third-order valence-electron chi connectivity index (χ3n) is 8.98. The summed E-state index contributed by atoms with van der Waals surface area (Å²) in [6.45, 7) is 0.564. The SMILES string of the molecule is O=C([NH2+]CC(c1ccc(Cl)c(Cl)c1)[C@@H](CN1CCC(O)(c2ccccc2)CC1)OCc1cc(C(F)(F)F)cc(C(F)(F)F)c1)c1ccccc1. The van der Waals surface area contributed by atoms with Crippen LogP contribution in [0.2, 0.25) is 10.0 Å². The first-order valence-electron chi connectivity index (χ1n) is 15.9. The van der Waals surface area contributed by atoms with Crippen molar-refractivity contribution in [2.45, 2.75) is 49.4 Å². The van der Waals surface area contributed by atoms with Gasteiger partial charge in [-0.15, -0.1) is 0 Å². The van der Waals surface area contributed by atoms with Crippen LogP contribution >= 0.6 is 23.2 Å². The molecule has 1 aliphatic heterocycles. The summed E-state index contributed by atoms with van der Waals surface area (Å²) < 4.78 is 88.3. The number of piperidine rings is 1. The molecule has 3 N–H and O–H groups in total. The van der Waals surface area contributed by atoms with Crippen molar-refractivity contribution in [1.82, 2.24) is 4.90 Å². The third kappa shape index (κ3) is 9.65. The topological polar surface area (TPSA) is 66.4 Å². The minimum absolute atomic E-state index is 0.0747. The molecular formula is C37H35Cl2F6N2O3+. The fraction of sp³-hybridized carbons (Fsp3) is 0.324. The van der Waals surface area contributed by atoms with Gasteiger partial charge in [-0.3, -0.25) is 5.32 Å². The maximum absolute atomic E-state index is 13.7. The molecule has 4 aromatic carbocycles. The van der Waals surface area contributed by atoms with Gasteiger partial charge in [0, 0.05) is 19.6 Å². The molecule has 0 radical (unpaired) electrons. The lowest BCUT2D eigenvalue weighted by molar-refractivity contribution is -0.559. The van der Waals surface area contributed by atoms with Gasteiger partial charge in [-0.25, -0.2) is 4.79 Å². The summed E-state index contributed by atoms with van der Waals surface area (Å²) in [4.78, 5) is 15.2. The van der Waals surface area contributed by atoms with Crippen molar-refractivity contribution in [1.29, 1.82) is 0 Å². The van der Waals surface area contributed by atoms with Crippen molar-refractivity contribution >= 4 is 29.1 Å². The average molecular weight is 741 g/mol. The van der Waals surface area contributed by atoms with E-state index in [2.05, 4.69) is 0 Å². The van der Waals surface area contributed by atoms with Crippen molar-refractivity contribution in [2.75, 3.05) is 26.2 Å². The van der Waals surface area contributed by atoms with Gasteiger partial charge >= 0.3 is 18.3 Å². The normalized spacial score (nSPS) is 16.6. The summed E-state index contributed by atoms with van der Waals surface area (Å²) in [6, 6.07) is 24.0. The summed E-state index contributed by atoms with van der Waals surface area (Å²) in [6.07, 6.45) is -10.1. The van der Waals surface area contributed by atoms with Gasteiger partial charge in [0.15, 0.2) is 0 Å². The summed E-state index contributed by atoms with van der Waals surface area (Å²) in [5.74, 6) is -0.895. The molecule has 0 aliphatic carbocycles. The predicted octanol–water partition coefficient (Wildman–Crippen LogP) is 8.09. The van der Waals surface area contributed by atoms with E-state index in [-0.39, 0.29) is 40.7 Å². The maximum Gasteiger partial charge on any atom is 0.416 e. The van der Waals surface area contributed by atoms with Crippen LogP contribution in [0.15, 0.2) is 97.1 Å². The van der Waals surface area contributed by atoms with E-state index >= 15 is 0 Å². The summed E-state index contributed by atoms with van der Waals surface area (Å²) in [7, 11) is 0. The van der Waals surface area contributed by atoms with E-state index in [1.807, 2.05) is 35.2 Å². The molecule has 1 saturated heterocycles. The molecule has 2 atom stereocenters. The van der Waals surface area contributed by atoms with E-state index in [1.54, 1.807) is 48.5 Å². The molecule has 1 aliphatic rings. The highest BCUT2D eigenvalue weighted by molar-refractivity contribution is 6.42. The van der Waals surface area contributed by atoms with E-state index in [0.29, 0.717) is 49.2 Å². The average Bonchev–Trinajstić information content (AvgIpc) is 3.09. The standard InChI is InChI=1S/C37H34Cl2F6N2O3/c38-31-12-11-26(19-32(31)39)30(21-46-34(48)25-7-3-1-4-8-25)33(22-47-15-13-35(49,14-16-47)27-9-5-2-6-10-27)50-23-24-17-28(36(40,41)42)20-29(18-24)37(43,44)45/h1-12,17-20,30,33,49H,13-16,21-23H2,(H,46,48)/p+1/t30?,33-/m1/s1. The molecule has 4 aromatic rings. The number of carbonyl (C=O) groups is 1. The molecule has 5 rings (SSSR count). The number of carbonyl (C=O) groups excluding carboxylic acids is 1. The van der Waals surface area contributed by atoms with Crippen LogP contribution in [0.1, 0.15) is 56.9 Å². The number of aliphatic hydroxyl groups is 1. The number of ether oxygens (including phenoxy) is 1. The molecule has 266 valence electrons. The number of nitrogens with two attached hydrogens (primary N) is 1. The second-order valence-electron chi connectivity index (χ2n) is 12.4. The Hall–Kier alpha value is -3.45. The smallest absolute Gasteiger partial charge is 0.385 e. The molecule has 50 heavy (non-hydrogen) atoms. The largest absolute Gasteiger partial charge is 0.416 e. The molecule has 1 unspecified atom stereocenters. The first-order valence-corrected chi connectivity index (χ1v) is 16.7. The Balaban J connectivity index is 1.46. The van der Waals surface area contributed by atoms with Crippen molar-refractivity contribution in [3.05, 3.63) is 140 Å². The van der Waals surface area contributed by atoms with Crippen molar-refractivity contribution in [3.63, 3.8) is 0 Å². The van der Waals surface area contributed by atoms with Gasteiger partial charge in [-0.05, 0) is 72.0 Å². The first-order chi connectivity index (χ1) is 23.6.